The zero-order chi connectivity index (χ0) is 15.0. The van der Waals surface area contributed by atoms with Gasteiger partial charge in [-0.2, -0.15) is 0 Å². The minimum Gasteiger partial charge on any atom is -0.481 e. The molecule has 1 aliphatic heterocycles. The van der Waals surface area contributed by atoms with Gasteiger partial charge in [0.1, 0.15) is 16.5 Å². The van der Waals surface area contributed by atoms with Crippen LogP contribution in [-0.4, -0.2) is 34.1 Å². The Hall–Kier alpha value is -1.69. The fourth-order valence-corrected chi connectivity index (χ4v) is 3.76. The standard InChI is InChI=1S/C15H19N3O2S/c1-3-12-16-13(11-4-5-21-14(11)17-12)18-7-9(2)6-10(8-18)15(19)20/h4-5,9-10H,3,6-8H2,1-2H3,(H,19,20). The predicted octanol–water partition coefficient (Wildman–Crippen LogP) is 2.80. The summed E-state index contributed by atoms with van der Waals surface area (Å²) in [6.45, 7) is 5.53. The number of carboxylic acid groups (broad SMARTS) is 1. The number of piperidine rings is 1. The summed E-state index contributed by atoms with van der Waals surface area (Å²) in [5.41, 5.74) is 0. The molecule has 2 aromatic rings. The van der Waals surface area contributed by atoms with E-state index in [1.165, 1.54) is 0 Å². The van der Waals surface area contributed by atoms with Crippen molar-refractivity contribution in [2.45, 2.75) is 26.7 Å². The van der Waals surface area contributed by atoms with Gasteiger partial charge in [0.05, 0.1) is 11.3 Å². The first kappa shape index (κ1) is 14.3. The van der Waals surface area contributed by atoms with Crippen molar-refractivity contribution < 1.29 is 9.90 Å². The van der Waals surface area contributed by atoms with Crippen molar-refractivity contribution in [3.8, 4) is 0 Å². The van der Waals surface area contributed by atoms with E-state index in [4.69, 9.17) is 0 Å². The summed E-state index contributed by atoms with van der Waals surface area (Å²) < 4.78 is 0. The van der Waals surface area contributed by atoms with E-state index in [9.17, 15) is 9.90 Å². The number of aryl methyl sites for hydroxylation is 1. The normalized spacial score (nSPS) is 22.7. The Kier molecular flexibility index (Phi) is 3.80. The van der Waals surface area contributed by atoms with Gasteiger partial charge in [-0.05, 0) is 23.8 Å². The molecule has 1 fully saturated rings. The Morgan fingerprint density at radius 2 is 2.29 bits per heavy atom. The molecule has 2 atom stereocenters. The van der Waals surface area contributed by atoms with E-state index in [2.05, 4.69) is 21.8 Å². The summed E-state index contributed by atoms with van der Waals surface area (Å²) in [5, 5.41) is 12.4. The second-order valence-electron chi connectivity index (χ2n) is 5.74. The minimum atomic E-state index is -0.710. The minimum absolute atomic E-state index is 0.317. The largest absolute Gasteiger partial charge is 0.481 e. The van der Waals surface area contributed by atoms with Gasteiger partial charge in [0, 0.05) is 19.5 Å². The number of rotatable bonds is 3. The summed E-state index contributed by atoms with van der Waals surface area (Å²) in [6.07, 6.45) is 1.52. The third-order valence-corrected chi connectivity index (χ3v) is 4.78. The molecule has 2 aromatic heterocycles. The van der Waals surface area contributed by atoms with E-state index in [1.54, 1.807) is 11.3 Å². The first-order valence-electron chi connectivity index (χ1n) is 7.30. The first-order chi connectivity index (χ1) is 10.1. The predicted molar refractivity (Wildman–Crippen MR) is 83.9 cm³/mol. The first-order valence-corrected chi connectivity index (χ1v) is 8.18. The molecule has 1 aliphatic rings. The van der Waals surface area contributed by atoms with Crippen LogP contribution in [0.3, 0.4) is 0 Å². The van der Waals surface area contributed by atoms with Crippen LogP contribution in [0.15, 0.2) is 11.4 Å². The van der Waals surface area contributed by atoms with Crippen LogP contribution in [0.1, 0.15) is 26.1 Å². The number of hydrogen-bond donors (Lipinski definition) is 1. The van der Waals surface area contributed by atoms with Gasteiger partial charge in [-0.1, -0.05) is 13.8 Å². The van der Waals surface area contributed by atoms with Crippen LogP contribution in [0.4, 0.5) is 5.82 Å². The van der Waals surface area contributed by atoms with Gasteiger partial charge in [-0.15, -0.1) is 11.3 Å². The Labute approximate surface area is 127 Å². The fraction of sp³-hybridized carbons (Fsp3) is 0.533. The van der Waals surface area contributed by atoms with E-state index in [0.717, 1.165) is 41.2 Å². The molecule has 112 valence electrons. The maximum absolute atomic E-state index is 11.4. The molecule has 0 aliphatic carbocycles. The Morgan fingerprint density at radius 3 is 3.00 bits per heavy atom. The maximum atomic E-state index is 11.4. The van der Waals surface area contributed by atoms with Crippen molar-refractivity contribution in [3.63, 3.8) is 0 Å². The second-order valence-corrected chi connectivity index (χ2v) is 6.63. The lowest BCUT2D eigenvalue weighted by Gasteiger charge is -2.35. The Balaban J connectivity index is 2.02. The van der Waals surface area contributed by atoms with Crippen molar-refractivity contribution >= 4 is 33.3 Å². The van der Waals surface area contributed by atoms with Gasteiger partial charge in [0.25, 0.3) is 0 Å². The summed E-state index contributed by atoms with van der Waals surface area (Å²) >= 11 is 1.61. The molecular formula is C15H19N3O2S. The molecular weight excluding hydrogens is 286 g/mol. The third kappa shape index (κ3) is 2.72. The molecule has 0 spiro atoms. The number of carboxylic acids is 1. The molecule has 0 bridgehead atoms. The number of nitrogens with zero attached hydrogens (tertiary/aromatic N) is 3. The van der Waals surface area contributed by atoms with E-state index in [0.29, 0.717) is 12.5 Å². The lowest BCUT2D eigenvalue weighted by molar-refractivity contribution is -0.142. The molecule has 6 heteroatoms. The number of fused-ring (bicyclic) bond motifs is 1. The third-order valence-electron chi connectivity index (χ3n) is 3.98. The summed E-state index contributed by atoms with van der Waals surface area (Å²) in [5.74, 6) is 1.05. The number of carbonyl (C=O) groups is 1. The van der Waals surface area contributed by atoms with Gasteiger partial charge < -0.3 is 10.0 Å². The zero-order valence-electron chi connectivity index (χ0n) is 12.2. The van der Waals surface area contributed by atoms with Crippen LogP contribution in [0.5, 0.6) is 0 Å². The van der Waals surface area contributed by atoms with E-state index >= 15 is 0 Å². The molecule has 0 saturated carbocycles. The van der Waals surface area contributed by atoms with Gasteiger partial charge in [-0.3, -0.25) is 4.79 Å². The number of aromatic nitrogens is 2. The maximum Gasteiger partial charge on any atom is 0.308 e. The second kappa shape index (κ2) is 5.60. The summed E-state index contributed by atoms with van der Waals surface area (Å²) in [6, 6.07) is 2.03. The van der Waals surface area contributed by atoms with Gasteiger partial charge >= 0.3 is 5.97 Å². The molecule has 1 saturated heterocycles. The fourth-order valence-electron chi connectivity index (χ4n) is 2.99. The van der Waals surface area contributed by atoms with Crippen LogP contribution in [0, 0.1) is 11.8 Å². The average Bonchev–Trinajstić information content (AvgIpc) is 2.93. The van der Waals surface area contributed by atoms with E-state index < -0.39 is 5.97 Å². The molecule has 2 unspecified atom stereocenters. The Morgan fingerprint density at radius 1 is 1.48 bits per heavy atom. The van der Waals surface area contributed by atoms with E-state index in [-0.39, 0.29) is 5.92 Å². The molecule has 0 radical (unpaired) electrons. The zero-order valence-corrected chi connectivity index (χ0v) is 13.1. The molecule has 0 amide bonds. The highest BCUT2D eigenvalue weighted by Crippen LogP contribution is 2.32. The summed E-state index contributed by atoms with van der Waals surface area (Å²) in [4.78, 5) is 23.7. The van der Waals surface area contributed by atoms with Gasteiger partial charge in [0.2, 0.25) is 0 Å². The molecule has 5 nitrogen and oxygen atoms in total. The molecule has 3 rings (SSSR count). The lowest BCUT2D eigenvalue weighted by atomic mass is 9.90. The van der Waals surface area contributed by atoms with Crippen LogP contribution in [-0.2, 0) is 11.2 Å². The molecule has 0 aromatic carbocycles. The SMILES string of the molecule is CCc1nc(N2CC(C)CC(C(=O)O)C2)c2ccsc2n1. The summed E-state index contributed by atoms with van der Waals surface area (Å²) in [7, 11) is 0. The van der Waals surface area contributed by atoms with E-state index in [1.807, 2.05) is 18.4 Å². The smallest absolute Gasteiger partial charge is 0.308 e. The van der Waals surface area contributed by atoms with Crippen LogP contribution >= 0.6 is 11.3 Å². The highest BCUT2D eigenvalue weighted by molar-refractivity contribution is 7.16. The van der Waals surface area contributed by atoms with Gasteiger partial charge in [-0.25, -0.2) is 9.97 Å². The number of aliphatic carboxylic acids is 1. The van der Waals surface area contributed by atoms with Crippen molar-refractivity contribution in [3.05, 3.63) is 17.3 Å². The van der Waals surface area contributed by atoms with Crippen LogP contribution < -0.4 is 4.90 Å². The molecule has 21 heavy (non-hydrogen) atoms. The van der Waals surface area contributed by atoms with Crippen LogP contribution in [0.2, 0.25) is 0 Å². The highest BCUT2D eigenvalue weighted by Gasteiger charge is 2.31. The number of thiophene rings is 1. The van der Waals surface area contributed by atoms with Crippen LogP contribution in [0.25, 0.3) is 10.2 Å². The quantitative estimate of drug-likeness (QED) is 0.944. The molecule has 3 heterocycles. The topological polar surface area (TPSA) is 66.3 Å². The van der Waals surface area contributed by atoms with Crippen molar-refractivity contribution in [1.29, 1.82) is 0 Å². The highest BCUT2D eigenvalue weighted by atomic mass is 32.1. The molecule has 1 N–H and O–H groups in total. The monoisotopic (exact) mass is 305 g/mol. The Bertz CT molecular complexity index is 670. The van der Waals surface area contributed by atoms with Crippen molar-refractivity contribution in [1.82, 2.24) is 9.97 Å². The lowest BCUT2D eigenvalue weighted by Crippen LogP contribution is -2.43. The van der Waals surface area contributed by atoms with Crippen molar-refractivity contribution in [2.75, 3.05) is 18.0 Å². The van der Waals surface area contributed by atoms with Gasteiger partial charge in [0.15, 0.2) is 0 Å². The number of hydrogen-bond acceptors (Lipinski definition) is 5. The number of anilines is 1. The average molecular weight is 305 g/mol. The van der Waals surface area contributed by atoms with Crippen molar-refractivity contribution in [2.24, 2.45) is 11.8 Å².